The van der Waals surface area contributed by atoms with Crippen LogP contribution in [0.15, 0.2) is 0 Å². The minimum Gasteiger partial charge on any atom is -0.481 e. The van der Waals surface area contributed by atoms with Crippen molar-refractivity contribution in [1.82, 2.24) is 5.32 Å². The van der Waals surface area contributed by atoms with Crippen molar-refractivity contribution < 1.29 is 14.7 Å². The summed E-state index contributed by atoms with van der Waals surface area (Å²) in [5.74, 6) is 0.991. The Morgan fingerprint density at radius 2 is 1.85 bits per heavy atom. The number of carboxylic acid groups (broad SMARTS) is 1. The van der Waals surface area contributed by atoms with Gasteiger partial charge in [0.05, 0.1) is 5.41 Å². The lowest BCUT2D eigenvalue weighted by Crippen LogP contribution is -2.41. The summed E-state index contributed by atoms with van der Waals surface area (Å²) >= 11 is 1.78. The van der Waals surface area contributed by atoms with Crippen molar-refractivity contribution in [2.24, 2.45) is 5.41 Å². The zero-order valence-electron chi connectivity index (χ0n) is 12.6. The first-order chi connectivity index (χ1) is 9.50. The Morgan fingerprint density at radius 1 is 1.25 bits per heavy atom. The minimum absolute atomic E-state index is 0.101. The van der Waals surface area contributed by atoms with Crippen LogP contribution in [0.1, 0.15) is 58.8 Å². The monoisotopic (exact) mass is 301 g/mol. The Hall–Kier alpha value is -0.710. The van der Waals surface area contributed by atoms with E-state index in [-0.39, 0.29) is 18.4 Å². The predicted octanol–water partition coefficient (Wildman–Crippen LogP) is 3.06. The van der Waals surface area contributed by atoms with E-state index in [9.17, 15) is 14.7 Å². The van der Waals surface area contributed by atoms with E-state index in [0.29, 0.717) is 12.8 Å². The molecule has 0 bridgehead atoms. The molecule has 20 heavy (non-hydrogen) atoms. The largest absolute Gasteiger partial charge is 0.481 e. The molecule has 0 radical (unpaired) electrons. The smallest absolute Gasteiger partial charge is 0.310 e. The van der Waals surface area contributed by atoms with Crippen molar-refractivity contribution in [2.75, 3.05) is 11.5 Å². The second-order valence-corrected chi connectivity index (χ2v) is 7.12. The number of hydrogen-bond donors (Lipinski definition) is 2. The van der Waals surface area contributed by atoms with Crippen molar-refractivity contribution in [3.63, 3.8) is 0 Å². The first kappa shape index (κ1) is 17.3. The van der Waals surface area contributed by atoms with E-state index in [4.69, 9.17) is 0 Å². The molecule has 0 aromatic rings. The lowest BCUT2D eigenvalue weighted by Gasteiger charge is -2.28. The highest BCUT2D eigenvalue weighted by molar-refractivity contribution is 7.99. The minimum atomic E-state index is -0.835. The van der Waals surface area contributed by atoms with Gasteiger partial charge in [-0.3, -0.25) is 9.59 Å². The summed E-state index contributed by atoms with van der Waals surface area (Å²) in [6.45, 7) is 4.06. The van der Waals surface area contributed by atoms with E-state index in [1.165, 1.54) is 0 Å². The molecule has 0 aromatic heterocycles. The van der Waals surface area contributed by atoms with Gasteiger partial charge < -0.3 is 10.4 Å². The molecule has 1 rings (SSSR count). The SMILES string of the molecule is CCSCC(C)NC(=O)CC1(C(=O)O)CCCCCC1. The van der Waals surface area contributed by atoms with Gasteiger partial charge in [0.15, 0.2) is 0 Å². The summed E-state index contributed by atoms with van der Waals surface area (Å²) in [5, 5.41) is 12.5. The third-order valence-electron chi connectivity index (χ3n) is 3.99. The fraction of sp³-hybridized carbons (Fsp3) is 0.867. The van der Waals surface area contributed by atoms with Crippen LogP contribution in [0.4, 0.5) is 0 Å². The number of rotatable bonds is 7. The summed E-state index contributed by atoms with van der Waals surface area (Å²) in [7, 11) is 0. The third kappa shape index (κ3) is 5.35. The van der Waals surface area contributed by atoms with E-state index in [2.05, 4.69) is 12.2 Å². The molecular formula is C15H27NO3S. The van der Waals surface area contributed by atoms with Crippen LogP contribution >= 0.6 is 11.8 Å². The molecule has 1 amide bonds. The van der Waals surface area contributed by atoms with E-state index in [1.807, 2.05) is 6.92 Å². The second kappa shape index (κ2) is 8.55. The zero-order valence-corrected chi connectivity index (χ0v) is 13.4. The highest BCUT2D eigenvalue weighted by Gasteiger charge is 2.40. The maximum atomic E-state index is 12.1. The van der Waals surface area contributed by atoms with Crippen LogP contribution < -0.4 is 5.32 Å². The first-order valence-corrected chi connectivity index (χ1v) is 8.76. The number of aliphatic carboxylic acids is 1. The van der Waals surface area contributed by atoms with Crippen molar-refractivity contribution in [2.45, 2.75) is 64.8 Å². The predicted molar refractivity (Wildman–Crippen MR) is 83.0 cm³/mol. The summed E-state index contributed by atoms with van der Waals surface area (Å²) in [4.78, 5) is 23.8. The fourth-order valence-corrected chi connectivity index (χ4v) is 3.51. The highest BCUT2D eigenvalue weighted by atomic mass is 32.2. The van der Waals surface area contributed by atoms with Gasteiger partial charge in [0, 0.05) is 18.2 Å². The highest BCUT2D eigenvalue weighted by Crippen LogP contribution is 2.38. The van der Waals surface area contributed by atoms with Crippen LogP contribution in [0, 0.1) is 5.41 Å². The normalized spacial score (nSPS) is 19.9. The molecule has 0 spiro atoms. The number of amides is 1. The topological polar surface area (TPSA) is 66.4 Å². The van der Waals surface area contributed by atoms with Crippen molar-refractivity contribution in [1.29, 1.82) is 0 Å². The average molecular weight is 301 g/mol. The average Bonchev–Trinajstić information content (AvgIpc) is 2.62. The van der Waals surface area contributed by atoms with Crippen LogP contribution in [0.2, 0.25) is 0 Å². The number of carbonyl (C=O) groups excluding carboxylic acids is 1. The van der Waals surface area contributed by atoms with Crippen LogP contribution in [0.3, 0.4) is 0 Å². The maximum absolute atomic E-state index is 12.1. The Morgan fingerprint density at radius 3 is 2.35 bits per heavy atom. The molecule has 0 aromatic carbocycles. The van der Waals surface area contributed by atoms with Crippen LogP contribution in [0.5, 0.6) is 0 Å². The quantitative estimate of drug-likeness (QED) is 0.709. The summed E-state index contributed by atoms with van der Waals surface area (Å²) in [5.41, 5.74) is -0.835. The van der Waals surface area contributed by atoms with Gasteiger partial charge in [-0.2, -0.15) is 11.8 Å². The summed E-state index contributed by atoms with van der Waals surface area (Å²) in [6.07, 6.45) is 5.40. The van der Waals surface area contributed by atoms with Crippen LogP contribution in [-0.2, 0) is 9.59 Å². The van der Waals surface area contributed by atoms with Crippen LogP contribution in [0.25, 0.3) is 0 Å². The van der Waals surface area contributed by atoms with Gasteiger partial charge in [0.25, 0.3) is 0 Å². The number of carboxylic acids is 1. The molecular weight excluding hydrogens is 274 g/mol. The van der Waals surface area contributed by atoms with E-state index in [0.717, 1.165) is 37.2 Å². The lowest BCUT2D eigenvalue weighted by atomic mass is 9.77. The van der Waals surface area contributed by atoms with Gasteiger partial charge in [0.1, 0.15) is 0 Å². The molecule has 1 saturated carbocycles. The van der Waals surface area contributed by atoms with Crippen molar-refractivity contribution in [3.05, 3.63) is 0 Å². The van der Waals surface area contributed by atoms with Gasteiger partial charge in [-0.1, -0.05) is 32.6 Å². The molecule has 1 fully saturated rings. The van der Waals surface area contributed by atoms with E-state index >= 15 is 0 Å². The van der Waals surface area contributed by atoms with E-state index in [1.54, 1.807) is 11.8 Å². The summed E-state index contributed by atoms with van der Waals surface area (Å²) in [6, 6.07) is 0.101. The van der Waals surface area contributed by atoms with Crippen LogP contribution in [-0.4, -0.2) is 34.5 Å². The number of nitrogens with one attached hydrogen (secondary N) is 1. The molecule has 2 N–H and O–H groups in total. The number of hydrogen-bond acceptors (Lipinski definition) is 3. The van der Waals surface area contributed by atoms with Gasteiger partial charge >= 0.3 is 5.97 Å². The molecule has 1 aliphatic carbocycles. The number of carbonyl (C=O) groups is 2. The van der Waals surface area contributed by atoms with Gasteiger partial charge in [-0.25, -0.2) is 0 Å². The molecule has 1 atom stereocenters. The molecule has 4 nitrogen and oxygen atoms in total. The van der Waals surface area contributed by atoms with Crippen molar-refractivity contribution >= 4 is 23.6 Å². The third-order valence-corrected chi connectivity index (χ3v) is 5.14. The molecule has 0 aliphatic heterocycles. The molecule has 1 aliphatic rings. The molecule has 1 unspecified atom stereocenters. The molecule has 0 heterocycles. The Bertz CT molecular complexity index is 325. The zero-order chi connectivity index (χ0) is 15.0. The molecule has 5 heteroatoms. The van der Waals surface area contributed by atoms with Gasteiger partial charge in [0.2, 0.25) is 5.91 Å². The van der Waals surface area contributed by atoms with Crippen molar-refractivity contribution in [3.8, 4) is 0 Å². The Labute approximate surface area is 126 Å². The fourth-order valence-electron chi connectivity index (χ4n) is 2.84. The first-order valence-electron chi connectivity index (χ1n) is 7.60. The second-order valence-electron chi connectivity index (χ2n) is 5.80. The summed E-state index contributed by atoms with van der Waals surface area (Å²) < 4.78 is 0. The molecule has 116 valence electrons. The number of thioether (sulfide) groups is 1. The van der Waals surface area contributed by atoms with E-state index < -0.39 is 11.4 Å². The standard InChI is InChI=1S/C15H27NO3S/c1-3-20-11-12(2)16-13(17)10-15(14(18)19)8-6-4-5-7-9-15/h12H,3-11H2,1-2H3,(H,16,17)(H,18,19). The Balaban J connectivity index is 2.56. The van der Waals surface area contributed by atoms with Gasteiger partial charge in [-0.15, -0.1) is 0 Å². The maximum Gasteiger partial charge on any atom is 0.310 e. The van der Waals surface area contributed by atoms with Gasteiger partial charge in [-0.05, 0) is 25.5 Å². The lowest BCUT2D eigenvalue weighted by molar-refractivity contribution is -0.153. The Kier molecular flexibility index (Phi) is 7.41. The molecule has 0 saturated heterocycles.